The molecule has 0 atom stereocenters. The molecular weight excluding hydrogens is 1050 g/mol. The van der Waals surface area contributed by atoms with Crippen LogP contribution in [0.25, 0.3) is 22.8 Å². The Hall–Kier alpha value is -4.78. The molecule has 326 valence electrons. The molecule has 8 aromatic rings. The summed E-state index contributed by atoms with van der Waals surface area (Å²) in [5.74, 6) is 5.01. The summed E-state index contributed by atoms with van der Waals surface area (Å²) in [5.41, 5.74) is 6.17. The van der Waals surface area contributed by atoms with Crippen LogP contribution in [0.1, 0.15) is 24.0 Å². The van der Waals surface area contributed by atoms with Crippen LogP contribution in [0.15, 0.2) is 218 Å². The number of hydrogen-bond acceptors (Lipinski definition) is 6. The quantitative estimate of drug-likeness (QED) is 0.114. The molecule has 4 aromatic heterocycles. The molecule has 0 aliphatic carbocycles. The minimum absolute atomic E-state index is 0. The van der Waals surface area contributed by atoms with Gasteiger partial charge in [-0.25, -0.2) is 0 Å². The molecule has 0 saturated carbocycles. The van der Waals surface area contributed by atoms with Gasteiger partial charge in [0.25, 0.3) is 0 Å². The Morgan fingerprint density at radius 1 is 0.484 bits per heavy atom. The van der Waals surface area contributed by atoms with Gasteiger partial charge in [0.2, 0.25) is 0 Å². The first-order valence-electron chi connectivity index (χ1n) is 20.9. The summed E-state index contributed by atoms with van der Waals surface area (Å²) in [5, 5.41) is 5.71. The number of nitrogens with zero attached hydrogens (tertiary/aromatic N) is 4. The van der Waals surface area contributed by atoms with Crippen molar-refractivity contribution in [2.24, 2.45) is 0 Å². The second-order valence-corrected chi connectivity index (χ2v) is 19.0. The fourth-order valence-electron chi connectivity index (χ4n) is 6.88. The molecule has 0 bridgehead atoms. The van der Waals surface area contributed by atoms with Crippen LogP contribution < -0.4 is 21.2 Å². The smallest absolute Gasteiger partial charge is 0.157 e. The van der Waals surface area contributed by atoms with Gasteiger partial charge in [-0.3, -0.25) is 19.9 Å². The van der Waals surface area contributed by atoms with Gasteiger partial charge in [-0.05, 0) is 134 Å². The van der Waals surface area contributed by atoms with E-state index in [1.807, 2.05) is 54.9 Å². The molecule has 1 saturated heterocycles. The zero-order valence-electron chi connectivity index (χ0n) is 35.6. The van der Waals surface area contributed by atoms with Crippen LogP contribution in [-0.4, -0.2) is 39.4 Å². The van der Waals surface area contributed by atoms with E-state index in [1.165, 1.54) is 32.3 Å². The molecule has 0 amide bonds. The largest absolute Gasteiger partial charge is 0.350 e. The number of aromatic nitrogens is 4. The Balaban J connectivity index is 0.000000188. The Labute approximate surface area is 403 Å². The second kappa shape index (κ2) is 28.9. The summed E-state index contributed by atoms with van der Waals surface area (Å²) in [6.45, 7) is 3.52. The van der Waals surface area contributed by atoms with Crippen molar-refractivity contribution >= 4 is 58.8 Å². The Morgan fingerprint density at radius 2 is 0.875 bits per heavy atom. The van der Waals surface area contributed by atoms with E-state index in [-0.39, 0.29) is 26.1 Å². The first-order chi connectivity index (χ1) is 31.2. The number of hydrogen-bond donors (Lipinski definition) is 0. The van der Waals surface area contributed by atoms with Gasteiger partial charge in [0.05, 0.1) is 51.8 Å². The fraction of sp³-hybridized carbons (Fsp3) is 0.132. The molecule has 4 aromatic carbocycles. The van der Waals surface area contributed by atoms with Gasteiger partial charge in [0.1, 0.15) is 32.9 Å². The van der Waals surface area contributed by atoms with Crippen LogP contribution in [0.3, 0.4) is 0 Å². The third-order valence-corrected chi connectivity index (χ3v) is 15.1. The summed E-state index contributed by atoms with van der Waals surface area (Å²) in [6, 6.07) is 63.6. The van der Waals surface area contributed by atoms with E-state index in [2.05, 4.69) is 200 Å². The topological polar surface area (TPSA) is 70.0 Å². The molecule has 1 aliphatic heterocycles. The van der Waals surface area contributed by atoms with Gasteiger partial charge in [-0.1, -0.05) is 84.9 Å². The molecule has 0 spiro atoms. The number of rotatable bonds is 12. The van der Waals surface area contributed by atoms with Crippen molar-refractivity contribution in [2.45, 2.75) is 32.5 Å². The van der Waals surface area contributed by atoms with Gasteiger partial charge >= 0.3 is 0 Å². The Bertz CT molecular complexity index is 2290. The molecule has 9 rings (SSSR count). The van der Waals surface area contributed by atoms with Gasteiger partial charge in [-0.2, -0.15) is 0 Å². The summed E-state index contributed by atoms with van der Waals surface area (Å²) >= 11 is 0. The predicted molar refractivity (Wildman–Crippen MR) is 270 cm³/mol. The maximum absolute atomic E-state index is 5.45. The summed E-state index contributed by atoms with van der Waals surface area (Å²) in [4.78, 5) is 17.2. The minimum Gasteiger partial charge on any atom is -0.350 e. The van der Waals surface area contributed by atoms with E-state index in [1.54, 1.807) is 12.4 Å². The molecule has 5 heterocycles. The summed E-state index contributed by atoms with van der Waals surface area (Å²) < 4.78 is 10.9. The van der Waals surface area contributed by atoms with Crippen LogP contribution in [0.5, 0.6) is 0 Å². The molecule has 64 heavy (non-hydrogen) atoms. The van der Waals surface area contributed by atoms with Crippen LogP contribution in [-0.2, 0) is 35.7 Å². The van der Waals surface area contributed by atoms with E-state index in [4.69, 9.17) is 9.47 Å². The van der Waals surface area contributed by atoms with Crippen molar-refractivity contribution in [1.82, 2.24) is 19.9 Å². The van der Waals surface area contributed by atoms with Crippen molar-refractivity contribution in [2.75, 3.05) is 13.2 Å². The van der Waals surface area contributed by atoms with Gasteiger partial charge in [0.15, 0.2) is 6.29 Å². The maximum Gasteiger partial charge on any atom is 0.157 e. The first kappa shape index (κ1) is 50.2. The van der Waals surface area contributed by atoms with E-state index in [9.17, 15) is 0 Å². The van der Waals surface area contributed by atoms with E-state index < -0.39 is 15.8 Å². The number of pyridine rings is 4. The first-order valence-corrected chi connectivity index (χ1v) is 25.2. The average Bonchev–Trinajstić information content (AvgIpc) is 3.90. The fourth-order valence-corrected chi connectivity index (χ4v) is 11.9. The normalized spacial score (nSPS) is 12.0. The maximum atomic E-state index is 5.45. The van der Waals surface area contributed by atoms with Crippen LogP contribution in [0, 0.1) is 6.92 Å². The van der Waals surface area contributed by atoms with E-state index in [0.717, 1.165) is 55.3 Å². The molecule has 6 nitrogen and oxygen atoms in total. The number of aryl methyl sites for hydroxylation is 2. The Morgan fingerprint density at radius 3 is 1.28 bits per heavy atom. The van der Waals surface area contributed by atoms with Crippen molar-refractivity contribution in [3.05, 3.63) is 230 Å². The van der Waals surface area contributed by atoms with Crippen molar-refractivity contribution < 1.29 is 29.3 Å². The monoisotopic (exact) mass is 1100 g/mol. The third-order valence-electron chi connectivity index (χ3n) is 9.95. The predicted octanol–water partition coefficient (Wildman–Crippen LogP) is 11.9. The molecule has 0 unspecified atom stereocenters. The molecule has 1 fully saturated rings. The van der Waals surface area contributed by atoms with Crippen molar-refractivity contribution in [1.29, 1.82) is 0 Å². The van der Waals surface area contributed by atoms with Crippen LogP contribution in [0.4, 0.5) is 0 Å². The number of ether oxygens (including phenoxy) is 2. The number of halogens is 2. The molecule has 0 radical (unpaired) electrons. The van der Waals surface area contributed by atoms with Crippen LogP contribution in [0.2, 0.25) is 0 Å². The van der Waals surface area contributed by atoms with Gasteiger partial charge in [-0.15, -0.1) is 0 Å². The van der Waals surface area contributed by atoms with Crippen LogP contribution >= 0.6 is 37.6 Å². The van der Waals surface area contributed by atoms with E-state index in [0.29, 0.717) is 0 Å². The van der Waals surface area contributed by atoms with Crippen molar-refractivity contribution in [3.63, 3.8) is 0 Å². The number of benzene rings is 4. The van der Waals surface area contributed by atoms with Crippen molar-refractivity contribution in [3.8, 4) is 22.8 Å². The molecule has 1 aliphatic rings. The third kappa shape index (κ3) is 16.3. The Kier molecular flexibility index (Phi) is 22.7. The SMILES string of the molecule is C(=C[PH+](c1ccccc1)c1ccccc1)[PH+](c1ccccc1)c1ccccc1.Cc1ccnc(-c2cc(CCCC3OCCO3)ccn2)c1.ClCl.[Os].c1ccc(-c2ccccn2)nc1. The minimum atomic E-state index is -0.964. The van der Waals surface area contributed by atoms with Gasteiger partial charge in [0, 0.05) is 66.3 Å². The van der Waals surface area contributed by atoms with E-state index >= 15 is 0 Å². The summed E-state index contributed by atoms with van der Waals surface area (Å²) in [7, 11) is 6.29. The standard InChI is InChI=1S/C26H22P2.C17H20N2O2.C10H8N2.Cl2.Os/c1-5-13-23(14-6-1)27(24-15-7-2-8-16-24)21-22-28(25-17-9-3-10-18-25)26-19-11-4-12-20-26;1-13-5-7-18-15(11-13)16-12-14(6-8-19-16)3-2-4-17-20-9-10-21-17;1-3-7-11-9(5-1)10-6-2-4-8-12-10;1-2;/h1-22H;5-8,11-12,17H,2-4,9-10H2,1H3;1-8H;;/p+2. The molecule has 11 heteroatoms. The zero-order chi connectivity index (χ0) is 43.7. The molecular formula is C53H52Cl2N4O2OsP2+2. The average molecular weight is 1100 g/mol. The second-order valence-electron chi connectivity index (χ2n) is 14.4. The zero-order valence-corrected chi connectivity index (χ0v) is 41.7. The van der Waals surface area contributed by atoms with Gasteiger partial charge < -0.3 is 9.47 Å². The molecule has 0 N–H and O–H groups in total. The summed E-state index contributed by atoms with van der Waals surface area (Å²) in [6.07, 6.45) is 10.2.